The van der Waals surface area contributed by atoms with Crippen LogP contribution in [0.1, 0.15) is 339 Å². The van der Waals surface area contributed by atoms with Gasteiger partial charge in [0.25, 0.3) is 0 Å². The van der Waals surface area contributed by atoms with Crippen LogP contribution in [0.3, 0.4) is 0 Å². The fourth-order valence-corrected chi connectivity index (χ4v) is 19.2. The lowest BCUT2D eigenvalue weighted by molar-refractivity contribution is 0.304. The van der Waals surface area contributed by atoms with E-state index in [1.54, 1.807) is 0 Å². The van der Waals surface area contributed by atoms with Crippen molar-refractivity contribution in [1.82, 2.24) is 0 Å². The Kier molecular flexibility index (Phi) is 47.6. The van der Waals surface area contributed by atoms with Crippen molar-refractivity contribution in [2.75, 3.05) is 39.6 Å². The van der Waals surface area contributed by atoms with Crippen LogP contribution in [-0.2, 0) is 0 Å². The summed E-state index contributed by atoms with van der Waals surface area (Å²) >= 11 is 0. The van der Waals surface area contributed by atoms with Crippen LogP contribution in [0, 0.1) is 0 Å². The number of benzene rings is 15. The molecule has 0 saturated carbocycles. The Hall–Kier alpha value is -12.9. The van der Waals surface area contributed by atoms with E-state index in [0.717, 1.165) is 113 Å². The molecule has 0 aliphatic heterocycles. The second-order valence-corrected chi connectivity index (χ2v) is 38.9. The molecule has 0 heterocycles. The van der Waals surface area contributed by atoms with E-state index in [0.29, 0.717) is 0 Å². The quantitative estimate of drug-likeness (QED) is 0.0215. The number of hydrogen-bond donors (Lipinski definition) is 0. The first-order valence-corrected chi connectivity index (χ1v) is 55.6. The minimum Gasteiger partial charge on any atom is -0.494 e. The molecule has 15 aromatic rings. The summed E-state index contributed by atoms with van der Waals surface area (Å²) in [5.74, 6) is 5.68. The Bertz CT molecular complexity index is 5240. The van der Waals surface area contributed by atoms with Gasteiger partial charge in [-0.15, -0.1) is 0 Å². The highest BCUT2D eigenvalue weighted by molar-refractivity contribution is 6.17. The maximum absolute atomic E-state index is 6.02. The SMILES string of the molecule is CCCCCCCCOc1ccc(/C=C/c2c3ccccc3c(/C=C/c3ccc(OCCCCCCCC)cc3)c3ccccc23)cc1.CCCCCCCCOc1ccc(/C=C/c2c3ccccc3c(/C=C/c3ccc(OCCCCCCCC)cc3)c3ccccc23)cc1.CCCCCCCCOc1ccc(/C=C/c2c3ccccc3c(/C=C/c3ccc(OCCCCCCCC)cc3)c3ccccc23)cc1. The monoisotopic (exact) mass is 1920 g/mol. The summed E-state index contributed by atoms with van der Waals surface area (Å²) < 4.78 is 36.1. The van der Waals surface area contributed by atoms with Gasteiger partial charge in [0.15, 0.2) is 0 Å². The standard InChI is InChI=1S/3C46H54O2/c3*1-3-5-7-9-11-17-35-47-39-29-23-37(24-30-39)27-33-45-41-19-13-15-21-43(41)46(44-22-16-14-20-42(44)45)34-28-38-25-31-40(32-26-38)48-36-18-12-10-8-6-4-2/h3*13-16,19-34H,3-12,17-18,35-36H2,1-2H3/b3*33-27+,34-28+. The van der Waals surface area contributed by atoms with Crippen LogP contribution >= 0.6 is 0 Å². The molecule has 144 heavy (non-hydrogen) atoms. The highest BCUT2D eigenvalue weighted by Gasteiger charge is 2.17. The van der Waals surface area contributed by atoms with Gasteiger partial charge in [-0.05, 0) is 243 Å². The summed E-state index contributed by atoms with van der Waals surface area (Å²) in [4.78, 5) is 0. The van der Waals surface area contributed by atoms with Gasteiger partial charge in [0, 0.05) is 0 Å². The molecule has 0 amide bonds. The highest BCUT2D eigenvalue weighted by atomic mass is 16.5. The van der Waals surface area contributed by atoms with Crippen molar-refractivity contribution in [2.24, 2.45) is 0 Å². The molecule has 0 saturated heterocycles. The molecule has 0 atom stereocenters. The molecule has 0 N–H and O–H groups in total. The van der Waals surface area contributed by atoms with Gasteiger partial charge >= 0.3 is 0 Å². The van der Waals surface area contributed by atoms with Crippen molar-refractivity contribution >= 4 is 138 Å². The number of rotatable bonds is 60. The Balaban J connectivity index is 0.000000181. The van der Waals surface area contributed by atoms with Crippen molar-refractivity contribution in [3.05, 3.63) is 358 Å². The average Bonchev–Trinajstić information content (AvgIpc) is 0.762. The first kappa shape index (κ1) is 108. The van der Waals surface area contributed by atoms with Gasteiger partial charge in [0.2, 0.25) is 0 Å². The number of fused-ring (bicyclic) bond motifs is 6. The van der Waals surface area contributed by atoms with Crippen molar-refractivity contribution in [2.45, 2.75) is 273 Å². The highest BCUT2D eigenvalue weighted by Crippen LogP contribution is 2.41. The summed E-state index contributed by atoms with van der Waals surface area (Å²) in [5.41, 5.74) is 14.5. The van der Waals surface area contributed by atoms with E-state index in [9.17, 15) is 0 Å². The van der Waals surface area contributed by atoms with Gasteiger partial charge in [-0.25, -0.2) is 0 Å². The Morgan fingerprint density at radius 1 is 0.125 bits per heavy atom. The van der Waals surface area contributed by atoms with Crippen LogP contribution in [0.15, 0.2) is 291 Å². The molecule has 0 spiro atoms. The second-order valence-electron chi connectivity index (χ2n) is 38.9. The predicted octanol–water partition coefficient (Wildman–Crippen LogP) is 41.4. The molecule has 750 valence electrons. The molecule has 0 aliphatic rings. The molecule has 0 unspecified atom stereocenters. The summed E-state index contributed by atoms with van der Waals surface area (Å²) in [5, 5.41) is 15.0. The van der Waals surface area contributed by atoms with E-state index in [1.165, 1.54) is 324 Å². The van der Waals surface area contributed by atoms with Crippen LogP contribution < -0.4 is 28.4 Å². The van der Waals surface area contributed by atoms with Crippen molar-refractivity contribution in [1.29, 1.82) is 0 Å². The average molecular weight is 1920 g/mol. The lowest BCUT2D eigenvalue weighted by Gasteiger charge is -2.13. The molecule has 0 aromatic heterocycles. The fraction of sp³-hybridized carbons (Fsp3) is 0.348. The van der Waals surface area contributed by atoms with Gasteiger partial charge in [-0.3, -0.25) is 0 Å². The minimum absolute atomic E-state index is 0.791. The van der Waals surface area contributed by atoms with Crippen molar-refractivity contribution < 1.29 is 28.4 Å². The zero-order chi connectivity index (χ0) is 99.7. The van der Waals surface area contributed by atoms with E-state index >= 15 is 0 Å². The van der Waals surface area contributed by atoms with E-state index in [1.807, 2.05) is 0 Å². The van der Waals surface area contributed by atoms with Gasteiger partial charge < -0.3 is 28.4 Å². The zero-order valence-electron chi connectivity index (χ0n) is 87.8. The number of ether oxygens (including phenoxy) is 6. The lowest BCUT2D eigenvalue weighted by Crippen LogP contribution is -1.97. The zero-order valence-corrected chi connectivity index (χ0v) is 87.8. The number of unbranched alkanes of at least 4 members (excludes halogenated alkanes) is 30. The third-order valence-corrected chi connectivity index (χ3v) is 27.6. The Labute approximate surface area is 864 Å². The molecule has 15 aromatic carbocycles. The molecule has 6 nitrogen and oxygen atoms in total. The van der Waals surface area contributed by atoms with E-state index < -0.39 is 0 Å². The molecular formula is C138H162O6. The molecule has 0 fully saturated rings. The number of hydrogen-bond acceptors (Lipinski definition) is 6. The third-order valence-electron chi connectivity index (χ3n) is 27.6. The summed E-state index contributed by atoms with van der Waals surface area (Å²) in [6, 6.07) is 104. The smallest absolute Gasteiger partial charge is 0.119 e. The summed E-state index contributed by atoms with van der Waals surface area (Å²) in [6.45, 7) is 18.3. The largest absolute Gasteiger partial charge is 0.494 e. The maximum atomic E-state index is 6.02. The van der Waals surface area contributed by atoms with Crippen LogP contribution in [-0.4, -0.2) is 39.6 Å². The minimum atomic E-state index is 0.791. The Morgan fingerprint density at radius 2 is 0.236 bits per heavy atom. The first-order valence-electron chi connectivity index (χ1n) is 55.6. The van der Waals surface area contributed by atoms with E-state index in [4.69, 9.17) is 28.4 Å². The second kappa shape index (κ2) is 63.3. The first-order chi connectivity index (χ1) is 71.3. The van der Waals surface area contributed by atoms with Gasteiger partial charge in [-0.1, -0.05) is 525 Å². The maximum Gasteiger partial charge on any atom is 0.119 e. The molecule has 15 rings (SSSR count). The molecule has 0 bridgehead atoms. The molecule has 0 aliphatic carbocycles. The van der Waals surface area contributed by atoms with E-state index in [2.05, 4.69) is 406 Å². The summed E-state index contributed by atoms with van der Waals surface area (Å²) in [7, 11) is 0. The Morgan fingerprint density at radius 3 is 0.354 bits per heavy atom. The summed E-state index contributed by atoms with van der Waals surface area (Å²) in [6.07, 6.45) is 72.9. The van der Waals surface area contributed by atoms with Crippen LogP contribution in [0.25, 0.3) is 138 Å². The van der Waals surface area contributed by atoms with Gasteiger partial charge in [0.1, 0.15) is 34.5 Å². The van der Waals surface area contributed by atoms with Gasteiger partial charge in [-0.2, -0.15) is 0 Å². The van der Waals surface area contributed by atoms with Gasteiger partial charge in [0.05, 0.1) is 39.6 Å². The molecule has 0 radical (unpaired) electrons. The normalized spacial score (nSPS) is 11.7. The van der Waals surface area contributed by atoms with Crippen LogP contribution in [0.2, 0.25) is 0 Å². The lowest BCUT2D eigenvalue weighted by atomic mass is 9.91. The molecular weight excluding hydrogens is 1750 g/mol. The van der Waals surface area contributed by atoms with E-state index in [-0.39, 0.29) is 0 Å². The fourth-order valence-electron chi connectivity index (χ4n) is 19.2. The van der Waals surface area contributed by atoms with Crippen molar-refractivity contribution in [3.8, 4) is 34.5 Å². The third kappa shape index (κ3) is 35.3. The van der Waals surface area contributed by atoms with Crippen molar-refractivity contribution in [3.63, 3.8) is 0 Å². The topological polar surface area (TPSA) is 55.4 Å². The van der Waals surface area contributed by atoms with Crippen LogP contribution in [0.5, 0.6) is 34.5 Å². The molecule has 6 heteroatoms. The predicted molar refractivity (Wildman–Crippen MR) is 630 cm³/mol. The van der Waals surface area contributed by atoms with Crippen LogP contribution in [0.4, 0.5) is 0 Å².